The number of nitrogens with zero attached hydrogens (tertiary/aromatic N) is 4. The van der Waals surface area contributed by atoms with Crippen LogP contribution in [-0.2, 0) is 6.42 Å². The largest absolute Gasteiger partial charge is 0.507 e. The van der Waals surface area contributed by atoms with Gasteiger partial charge in [0.05, 0.1) is 27.0 Å². The molecule has 2 bridgehead atoms. The van der Waals surface area contributed by atoms with Crippen LogP contribution in [-0.4, -0.2) is 51.1 Å². The van der Waals surface area contributed by atoms with E-state index in [0.29, 0.717) is 17.3 Å². The maximum Gasteiger partial charge on any atom is 0.154 e. The molecule has 4 atom stereocenters. The van der Waals surface area contributed by atoms with Gasteiger partial charge < -0.3 is 15.3 Å². The zero-order valence-electron chi connectivity index (χ0n) is 16.1. The summed E-state index contributed by atoms with van der Waals surface area (Å²) in [6.45, 7) is 2.73. The van der Waals surface area contributed by atoms with Gasteiger partial charge in [-0.1, -0.05) is 0 Å². The molecule has 0 radical (unpaired) electrons. The lowest BCUT2D eigenvalue weighted by Crippen LogP contribution is -2.56. The molecule has 6 rings (SSSR count). The van der Waals surface area contributed by atoms with Crippen LogP contribution in [0.2, 0.25) is 0 Å². The number of phenolic OH excluding ortho intramolecular Hbond substituents is 1. The topological polar surface area (TPSA) is 74.2 Å². The number of hydrogen-bond donors (Lipinski definition) is 2. The van der Waals surface area contributed by atoms with Crippen molar-refractivity contribution in [1.29, 1.82) is 0 Å². The predicted octanol–water partition coefficient (Wildman–Crippen LogP) is 3.36. The first kappa shape index (κ1) is 17.5. The van der Waals surface area contributed by atoms with Crippen molar-refractivity contribution in [2.75, 3.05) is 11.4 Å². The summed E-state index contributed by atoms with van der Waals surface area (Å²) in [4.78, 5) is 6.55. The Bertz CT molecular complexity index is 1120. The van der Waals surface area contributed by atoms with Crippen LogP contribution in [0.15, 0.2) is 18.2 Å². The van der Waals surface area contributed by atoms with E-state index in [1.807, 2.05) is 19.1 Å². The van der Waals surface area contributed by atoms with Crippen molar-refractivity contribution in [3.8, 4) is 17.0 Å². The molecule has 2 N–H and O–H groups in total. The summed E-state index contributed by atoms with van der Waals surface area (Å²) < 4.78 is 16.1. The van der Waals surface area contributed by atoms with Crippen LogP contribution < -0.4 is 10.2 Å². The van der Waals surface area contributed by atoms with Gasteiger partial charge in [0.1, 0.15) is 11.9 Å². The van der Waals surface area contributed by atoms with Crippen LogP contribution in [0.25, 0.3) is 21.5 Å². The number of piperidine rings is 1. The zero-order chi connectivity index (χ0) is 19.7. The highest BCUT2D eigenvalue weighted by Crippen LogP contribution is 2.39. The number of rotatable bonds is 2. The zero-order valence-corrected chi connectivity index (χ0v) is 16.9. The van der Waals surface area contributed by atoms with E-state index in [0.717, 1.165) is 58.8 Å². The molecule has 5 heterocycles. The number of aryl methyl sites for hydroxylation is 1. The minimum absolute atomic E-state index is 0.0263. The van der Waals surface area contributed by atoms with Gasteiger partial charge in [0.15, 0.2) is 5.82 Å². The minimum Gasteiger partial charge on any atom is -0.507 e. The van der Waals surface area contributed by atoms with Crippen molar-refractivity contribution in [2.45, 2.75) is 56.9 Å². The van der Waals surface area contributed by atoms with Gasteiger partial charge in [-0.15, -0.1) is 21.5 Å². The monoisotopic (exact) mass is 411 g/mol. The van der Waals surface area contributed by atoms with Gasteiger partial charge in [0.2, 0.25) is 0 Å². The highest BCUT2D eigenvalue weighted by Gasteiger charge is 2.46. The minimum atomic E-state index is -0.873. The number of phenols is 1. The van der Waals surface area contributed by atoms with Crippen molar-refractivity contribution < 1.29 is 9.50 Å². The van der Waals surface area contributed by atoms with Crippen molar-refractivity contribution in [2.24, 2.45) is 0 Å². The second-order valence-electron chi connectivity index (χ2n) is 8.39. The molecular formula is C21H22FN5OS. The number of benzene rings is 1. The Labute approximate surface area is 171 Å². The molecule has 150 valence electrons. The van der Waals surface area contributed by atoms with E-state index in [1.54, 1.807) is 17.4 Å². The Morgan fingerprint density at radius 1 is 1.24 bits per heavy atom. The SMILES string of the molecule is Cc1nc2cc(O)c(-c3cc4c(nn3)N([C@@H]3CC5CCC(N5)[C@@H]3F)CC4)cc2s1. The molecule has 3 aliphatic heterocycles. The highest BCUT2D eigenvalue weighted by molar-refractivity contribution is 7.18. The molecule has 2 fully saturated rings. The maximum atomic E-state index is 15.0. The number of aromatic nitrogens is 3. The summed E-state index contributed by atoms with van der Waals surface area (Å²) in [5, 5.41) is 23.8. The molecule has 3 aromatic rings. The van der Waals surface area contributed by atoms with Gasteiger partial charge in [-0.2, -0.15) is 0 Å². The molecule has 1 aromatic carbocycles. The second-order valence-corrected chi connectivity index (χ2v) is 9.62. The molecule has 0 saturated carbocycles. The van der Waals surface area contributed by atoms with Crippen LogP contribution in [0, 0.1) is 6.92 Å². The standard InChI is InChI=1S/C21H22FN5OS/c1-10-23-16-9-18(28)13(8-19(16)29-10)15-6-11-4-5-27(21(11)26-25-15)17-7-12-2-3-14(24-12)20(17)22/h6,8-9,12,14,17,20,24,28H,2-5,7H2,1H3/t12?,14?,17-,20+/m1/s1. The average molecular weight is 412 g/mol. The Balaban J connectivity index is 1.35. The van der Waals surface area contributed by atoms with E-state index in [4.69, 9.17) is 0 Å². The smallest absolute Gasteiger partial charge is 0.154 e. The Kier molecular flexibility index (Phi) is 3.83. The van der Waals surface area contributed by atoms with Crippen LogP contribution in [0.4, 0.5) is 10.2 Å². The van der Waals surface area contributed by atoms with Gasteiger partial charge in [0.25, 0.3) is 0 Å². The van der Waals surface area contributed by atoms with Crippen molar-refractivity contribution in [1.82, 2.24) is 20.5 Å². The number of fused-ring (bicyclic) bond motifs is 4. The lowest BCUT2D eigenvalue weighted by atomic mass is 9.96. The van der Waals surface area contributed by atoms with E-state index in [-0.39, 0.29) is 17.8 Å². The quantitative estimate of drug-likeness (QED) is 0.674. The lowest BCUT2D eigenvalue weighted by Gasteiger charge is -2.39. The van der Waals surface area contributed by atoms with Crippen LogP contribution >= 0.6 is 11.3 Å². The summed E-state index contributed by atoms with van der Waals surface area (Å²) in [6, 6.07) is 5.88. The number of thiazole rings is 1. The number of alkyl halides is 1. The van der Waals surface area contributed by atoms with Gasteiger partial charge in [-0.3, -0.25) is 0 Å². The maximum absolute atomic E-state index is 15.0. The molecule has 2 aromatic heterocycles. The number of hydrogen-bond acceptors (Lipinski definition) is 7. The molecule has 3 aliphatic rings. The Morgan fingerprint density at radius 3 is 3.03 bits per heavy atom. The third kappa shape index (κ3) is 2.73. The summed E-state index contributed by atoms with van der Waals surface area (Å²) in [5.74, 6) is 0.961. The second kappa shape index (κ2) is 6.34. The third-order valence-corrected chi connectivity index (χ3v) is 7.52. The van der Waals surface area contributed by atoms with Gasteiger partial charge in [-0.05, 0) is 44.7 Å². The summed E-state index contributed by atoms with van der Waals surface area (Å²) in [7, 11) is 0. The first-order valence-electron chi connectivity index (χ1n) is 10.2. The average Bonchev–Trinajstić information content (AvgIpc) is 3.40. The third-order valence-electron chi connectivity index (χ3n) is 6.59. The van der Waals surface area contributed by atoms with Gasteiger partial charge in [-0.25, -0.2) is 9.37 Å². The summed E-state index contributed by atoms with van der Waals surface area (Å²) in [5.41, 5.74) is 3.19. The fraction of sp³-hybridized carbons (Fsp3) is 0.476. The summed E-state index contributed by atoms with van der Waals surface area (Å²) >= 11 is 1.59. The molecule has 2 unspecified atom stereocenters. The van der Waals surface area contributed by atoms with E-state index in [2.05, 4.69) is 25.4 Å². The first-order valence-corrected chi connectivity index (χ1v) is 11.0. The van der Waals surface area contributed by atoms with Crippen molar-refractivity contribution >= 4 is 27.4 Å². The fourth-order valence-electron chi connectivity index (χ4n) is 5.21. The molecule has 8 heteroatoms. The van der Waals surface area contributed by atoms with E-state index >= 15 is 4.39 Å². The number of nitrogens with one attached hydrogen (secondary N) is 1. The molecule has 0 spiro atoms. The number of aromatic hydroxyl groups is 1. The van der Waals surface area contributed by atoms with Crippen molar-refractivity contribution in [3.05, 3.63) is 28.8 Å². The van der Waals surface area contributed by atoms with Crippen LogP contribution in [0.5, 0.6) is 5.75 Å². The Hall–Kier alpha value is -2.32. The molecular weight excluding hydrogens is 389 g/mol. The van der Waals surface area contributed by atoms with Crippen LogP contribution in [0.3, 0.4) is 0 Å². The van der Waals surface area contributed by atoms with E-state index in [1.165, 1.54) is 0 Å². The lowest BCUT2D eigenvalue weighted by molar-refractivity contribution is 0.174. The predicted molar refractivity (Wildman–Crippen MR) is 111 cm³/mol. The van der Waals surface area contributed by atoms with E-state index < -0.39 is 6.17 Å². The first-order chi connectivity index (χ1) is 14.1. The number of halogens is 1. The van der Waals surface area contributed by atoms with Gasteiger partial charge >= 0.3 is 0 Å². The molecule has 6 nitrogen and oxygen atoms in total. The molecule has 0 aliphatic carbocycles. The van der Waals surface area contributed by atoms with Crippen molar-refractivity contribution in [3.63, 3.8) is 0 Å². The Morgan fingerprint density at radius 2 is 2.14 bits per heavy atom. The molecule has 2 saturated heterocycles. The van der Waals surface area contributed by atoms with Crippen LogP contribution in [0.1, 0.15) is 29.8 Å². The normalized spacial score (nSPS) is 28.3. The number of anilines is 1. The molecule has 0 amide bonds. The summed E-state index contributed by atoms with van der Waals surface area (Å²) in [6.07, 6.45) is 2.76. The fourth-order valence-corrected chi connectivity index (χ4v) is 6.06. The molecule has 29 heavy (non-hydrogen) atoms. The highest BCUT2D eigenvalue weighted by atomic mass is 32.1. The van der Waals surface area contributed by atoms with Gasteiger partial charge in [0, 0.05) is 35.8 Å². The van der Waals surface area contributed by atoms with E-state index in [9.17, 15) is 5.11 Å².